The Morgan fingerprint density at radius 3 is 2.95 bits per heavy atom. The van der Waals surface area contributed by atoms with Crippen LogP contribution in [-0.2, 0) is 13.2 Å². The molecule has 3 nitrogen and oxygen atoms in total. The van der Waals surface area contributed by atoms with Gasteiger partial charge in [-0.1, -0.05) is 11.6 Å². The fourth-order valence-electron chi connectivity index (χ4n) is 1.92. The normalized spacial score (nSPS) is 14.5. The van der Waals surface area contributed by atoms with E-state index in [0.717, 1.165) is 28.1 Å². The molecule has 0 saturated heterocycles. The summed E-state index contributed by atoms with van der Waals surface area (Å²) in [5.41, 5.74) is 1.07. The van der Waals surface area contributed by atoms with E-state index in [4.69, 9.17) is 20.8 Å². The number of ether oxygens (including phenoxy) is 1. The summed E-state index contributed by atoms with van der Waals surface area (Å²) in [6, 6.07) is 8.11. The molecular formula is C15H15BrClNO2. The lowest BCUT2D eigenvalue weighted by Gasteiger charge is -2.09. The van der Waals surface area contributed by atoms with Crippen molar-refractivity contribution >= 4 is 27.5 Å². The topological polar surface area (TPSA) is 34.4 Å². The average Bonchev–Trinajstić information content (AvgIpc) is 3.14. The number of nitrogens with one attached hydrogen (secondary N) is 1. The molecule has 0 aliphatic heterocycles. The molecule has 1 fully saturated rings. The molecule has 20 heavy (non-hydrogen) atoms. The van der Waals surface area contributed by atoms with Crippen LogP contribution in [0.4, 0.5) is 0 Å². The molecule has 3 rings (SSSR count). The third-order valence-electron chi connectivity index (χ3n) is 3.24. The predicted molar refractivity (Wildman–Crippen MR) is 82.1 cm³/mol. The fraction of sp³-hybridized carbons (Fsp3) is 0.333. The van der Waals surface area contributed by atoms with Gasteiger partial charge in [0, 0.05) is 16.6 Å². The van der Waals surface area contributed by atoms with Crippen molar-refractivity contribution in [2.75, 3.05) is 0 Å². The number of benzene rings is 1. The van der Waals surface area contributed by atoms with Gasteiger partial charge in [-0.2, -0.15) is 0 Å². The smallest absolute Gasteiger partial charge is 0.134 e. The largest absolute Gasteiger partial charge is 0.488 e. The Morgan fingerprint density at radius 2 is 2.20 bits per heavy atom. The molecule has 1 N–H and O–H groups in total. The summed E-state index contributed by atoms with van der Waals surface area (Å²) < 4.78 is 12.2. The molecule has 5 heteroatoms. The number of halogens is 2. The Balaban J connectivity index is 1.61. The van der Waals surface area contributed by atoms with Gasteiger partial charge in [0.2, 0.25) is 0 Å². The van der Waals surface area contributed by atoms with Crippen molar-refractivity contribution in [2.45, 2.75) is 32.0 Å². The molecule has 106 valence electrons. The molecular weight excluding hydrogens is 342 g/mol. The number of rotatable bonds is 6. The highest BCUT2D eigenvalue weighted by atomic mass is 79.9. The minimum atomic E-state index is 0.485. The van der Waals surface area contributed by atoms with E-state index in [9.17, 15) is 0 Å². The van der Waals surface area contributed by atoms with E-state index in [2.05, 4.69) is 21.2 Å². The van der Waals surface area contributed by atoms with Gasteiger partial charge in [-0.05, 0) is 53.0 Å². The van der Waals surface area contributed by atoms with Crippen LogP contribution in [0.15, 0.2) is 39.4 Å². The van der Waals surface area contributed by atoms with Crippen molar-refractivity contribution in [1.82, 2.24) is 5.32 Å². The lowest BCUT2D eigenvalue weighted by molar-refractivity contribution is 0.299. The highest BCUT2D eigenvalue weighted by Gasteiger charge is 2.21. The van der Waals surface area contributed by atoms with Crippen LogP contribution >= 0.6 is 27.5 Å². The second-order valence-electron chi connectivity index (χ2n) is 4.89. The first kappa shape index (κ1) is 14.0. The van der Waals surface area contributed by atoms with E-state index >= 15 is 0 Å². The quantitative estimate of drug-likeness (QED) is 0.826. The van der Waals surface area contributed by atoms with Crippen LogP contribution in [-0.4, -0.2) is 6.04 Å². The summed E-state index contributed by atoms with van der Waals surface area (Å²) in [7, 11) is 0. The molecule has 1 aliphatic carbocycles. The zero-order chi connectivity index (χ0) is 13.9. The summed E-state index contributed by atoms with van der Waals surface area (Å²) in [5, 5.41) is 4.12. The zero-order valence-corrected chi connectivity index (χ0v) is 13.2. The van der Waals surface area contributed by atoms with E-state index in [1.54, 1.807) is 6.26 Å². The minimum Gasteiger partial charge on any atom is -0.488 e. The molecule has 1 aliphatic rings. The van der Waals surface area contributed by atoms with Crippen LogP contribution in [0.25, 0.3) is 0 Å². The van der Waals surface area contributed by atoms with Gasteiger partial charge in [-0.3, -0.25) is 0 Å². The molecule has 1 saturated carbocycles. The number of hydrogen-bond donors (Lipinski definition) is 1. The summed E-state index contributed by atoms with van der Waals surface area (Å²) in [6.45, 7) is 1.25. The maximum atomic E-state index is 5.91. The van der Waals surface area contributed by atoms with Gasteiger partial charge in [0.05, 0.1) is 17.3 Å². The Labute approximate surface area is 131 Å². The summed E-state index contributed by atoms with van der Waals surface area (Å²) in [4.78, 5) is 0. The lowest BCUT2D eigenvalue weighted by Crippen LogP contribution is -2.16. The standard InChI is InChI=1S/C15H15BrClNO2/c16-13-7-11(17)1-4-14(13)20-9-10-5-6-19-15(10)8-18-12-2-3-12/h1,4-7,12,18H,2-3,8-9H2. The highest BCUT2D eigenvalue weighted by molar-refractivity contribution is 9.10. The summed E-state index contributed by atoms with van der Waals surface area (Å²) in [6.07, 6.45) is 4.24. The van der Waals surface area contributed by atoms with E-state index in [1.165, 1.54) is 12.8 Å². The third kappa shape index (κ3) is 3.57. The van der Waals surface area contributed by atoms with Crippen LogP contribution in [0.5, 0.6) is 5.75 Å². The fourth-order valence-corrected chi connectivity index (χ4v) is 2.72. The average molecular weight is 357 g/mol. The number of furan rings is 1. The Hall–Kier alpha value is -0.970. The lowest BCUT2D eigenvalue weighted by atomic mass is 10.2. The first-order valence-electron chi connectivity index (χ1n) is 6.59. The van der Waals surface area contributed by atoms with Gasteiger partial charge in [0.25, 0.3) is 0 Å². The van der Waals surface area contributed by atoms with E-state index in [0.29, 0.717) is 17.7 Å². The van der Waals surface area contributed by atoms with E-state index in [1.807, 2.05) is 24.3 Å². The van der Waals surface area contributed by atoms with Crippen molar-refractivity contribution in [1.29, 1.82) is 0 Å². The van der Waals surface area contributed by atoms with Crippen LogP contribution in [0, 0.1) is 0 Å². The van der Waals surface area contributed by atoms with Gasteiger partial charge < -0.3 is 14.5 Å². The van der Waals surface area contributed by atoms with Gasteiger partial charge >= 0.3 is 0 Å². The maximum absolute atomic E-state index is 5.91. The van der Waals surface area contributed by atoms with E-state index in [-0.39, 0.29) is 0 Å². The highest BCUT2D eigenvalue weighted by Crippen LogP contribution is 2.29. The van der Waals surface area contributed by atoms with Gasteiger partial charge in [0.15, 0.2) is 0 Å². The molecule has 1 heterocycles. The molecule has 0 radical (unpaired) electrons. The molecule has 0 unspecified atom stereocenters. The first-order chi connectivity index (χ1) is 9.72. The molecule has 0 atom stereocenters. The number of hydrogen-bond acceptors (Lipinski definition) is 3. The van der Waals surface area contributed by atoms with Crippen molar-refractivity contribution in [2.24, 2.45) is 0 Å². The Kier molecular flexibility index (Phi) is 4.34. The summed E-state index contributed by atoms with van der Waals surface area (Å²) in [5.74, 6) is 1.72. The first-order valence-corrected chi connectivity index (χ1v) is 7.76. The second-order valence-corrected chi connectivity index (χ2v) is 6.18. The van der Waals surface area contributed by atoms with Crippen molar-refractivity contribution in [3.05, 3.63) is 51.3 Å². The van der Waals surface area contributed by atoms with Gasteiger partial charge in [-0.15, -0.1) is 0 Å². The minimum absolute atomic E-state index is 0.485. The van der Waals surface area contributed by atoms with Crippen molar-refractivity contribution < 1.29 is 9.15 Å². The van der Waals surface area contributed by atoms with Gasteiger partial charge in [0.1, 0.15) is 18.1 Å². The molecule has 0 amide bonds. The van der Waals surface area contributed by atoms with Crippen molar-refractivity contribution in [3.63, 3.8) is 0 Å². The molecule has 0 bridgehead atoms. The molecule has 0 spiro atoms. The Bertz CT molecular complexity index is 595. The summed E-state index contributed by atoms with van der Waals surface area (Å²) >= 11 is 9.35. The SMILES string of the molecule is Clc1ccc(OCc2ccoc2CNC2CC2)c(Br)c1. The monoisotopic (exact) mass is 355 g/mol. The van der Waals surface area contributed by atoms with Gasteiger partial charge in [-0.25, -0.2) is 0 Å². The molecule has 2 aromatic rings. The van der Waals surface area contributed by atoms with Crippen molar-refractivity contribution in [3.8, 4) is 5.75 Å². The Morgan fingerprint density at radius 1 is 1.35 bits per heavy atom. The second kappa shape index (κ2) is 6.20. The predicted octanol–water partition coefficient (Wildman–Crippen LogP) is 4.53. The van der Waals surface area contributed by atoms with Crippen LogP contribution in [0.1, 0.15) is 24.2 Å². The molecule has 1 aromatic carbocycles. The zero-order valence-electron chi connectivity index (χ0n) is 10.9. The third-order valence-corrected chi connectivity index (χ3v) is 4.10. The molecule has 1 aromatic heterocycles. The van der Waals surface area contributed by atoms with Crippen LogP contribution in [0.3, 0.4) is 0 Å². The van der Waals surface area contributed by atoms with Crippen LogP contribution < -0.4 is 10.1 Å². The maximum Gasteiger partial charge on any atom is 0.134 e. The van der Waals surface area contributed by atoms with Crippen LogP contribution in [0.2, 0.25) is 5.02 Å². The van der Waals surface area contributed by atoms with E-state index < -0.39 is 0 Å².